The van der Waals surface area contributed by atoms with Gasteiger partial charge in [0.15, 0.2) is 0 Å². The van der Waals surface area contributed by atoms with E-state index < -0.39 is 199 Å². The van der Waals surface area contributed by atoms with Crippen molar-refractivity contribution in [3.63, 3.8) is 0 Å². The van der Waals surface area contributed by atoms with E-state index in [4.69, 9.17) is 17.2 Å². The largest absolute Gasteiger partial charge is 0.508 e. The van der Waals surface area contributed by atoms with Gasteiger partial charge in [-0.3, -0.25) is 71.9 Å². The quantitative estimate of drug-likeness (QED) is 0.0185. The van der Waals surface area contributed by atoms with E-state index in [9.17, 15) is 86.9 Å². The Labute approximate surface area is 624 Å². The van der Waals surface area contributed by atoms with Crippen LogP contribution in [0.5, 0.6) is 5.75 Å². The van der Waals surface area contributed by atoms with Gasteiger partial charge in [-0.05, 0) is 69.2 Å². The number of likely N-dealkylation sites (tertiary alicyclic amines) is 1. The Morgan fingerprint density at radius 2 is 1.01 bits per heavy atom. The molecule has 1 fully saturated rings. The van der Waals surface area contributed by atoms with Crippen LogP contribution in [0.25, 0.3) is 0 Å². The average molecular weight is 1550 g/mol. The van der Waals surface area contributed by atoms with Crippen molar-refractivity contribution in [2.45, 2.75) is 151 Å². The number of rotatable bonds is 45. The number of aliphatic carboxylic acids is 1. The van der Waals surface area contributed by atoms with Gasteiger partial charge in [-0.2, -0.15) is 50.5 Å². The first-order chi connectivity index (χ1) is 49.8. The standard InChI is InChI=1S/C62H93N21O18S4/c1-30(2)50(60(98)81-44(27-105)62(100)101)82-56(94)38(15-32-9-11-35(84)12-10-32)76-54(92)37(7-4-5-13-63)74-48(87)22-68-47(86)21-70-53(91)41(24-102)78-51(89)31(3)73-59(97)45-8-6-14-83(45)61(99)40(17-34-20-67-29-72-34)77-57(95)42(25-103)80-58(96)43(26-104)79-55(93)39(16-33-19-66-28-71-33)75-49(88)23-69-52(90)36(64)18-46(65)85/h9-12,19-20,28-31,36-45,50,84,102-105H,4-8,13-18,21-27,63-64H2,1-3H3,(H2,65,85)(H,66,71)(H,67,72)(H,68,86)(H,69,90)(H,70,91)(H,73,97)(H,74,87)(H,75,88)(H,76,92)(H,77,95)(H,78,89)(H,79,93)(H,80,96)(H,81,98)(H,82,94)(H,100,101)/t31-,36-,37-,38-,39-,40-,41-,42-,43-,44-,45-,50-/m0/s1. The Hall–Kier alpha value is -9.72. The van der Waals surface area contributed by atoms with Crippen LogP contribution in [0.15, 0.2) is 49.3 Å². The Kier molecular flexibility index (Phi) is 37.4. The van der Waals surface area contributed by atoms with E-state index >= 15 is 0 Å². The highest BCUT2D eigenvalue weighted by Gasteiger charge is 2.41. The molecule has 4 rings (SSSR count). The average Bonchev–Trinajstić information content (AvgIpc) is 1.73. The molecule has 39 nitrogen and oxygen atoms in total. The Morgan fingerprint density at radius 3 is 1.54 bits per heavy atom. The minimum absolute atomic E-state index is 0.00608. The molecule has 23 N–H and O–H groups in total. The molecule has 1 aromatic carbocycles. The van der Waals surface area contributed by atoms with Gasteiger partial charge >= 0.3 is 5.97 Å². The first kappa shape index (κ1) is 87.7. The molecule has 15 amide bonds. The summed E-state index contributed by atoms with van der Waals surface area (Å²) in [5.41, 5.74) is 17.7. The van der Waals surface area contributed by atoms with Gasteiger partial charge in [0.25, 0.3) is 0 Å². The number of aromatic hydroxyl groups is 1. The predicted octanol–water partition coefficient (Wildman–Crippen LogP) is -8.13. The molecule has 578 valence electrons. The summed E-state index contributed by atoms with van der Waals surface area (Å²) < 4.78 is 0. The second-order valence-corrected chi connectivity index (χ2v) is 26.0. The minimum atomic E-state index is -1.46. The van der Waals surface area contributed by atoms with Gasteiger partial charge in [-0.25, -0.2) is 14.8 Å². The highest BCUT2D eigenvalue weighted by Crippen LogP contribution is 2.21. The maximum atomic E-state index is 14.5. The number of phenols is 1. The molecule has 1 aliphatic rings. The second-order valence-electron chi connectivity index (χ2n) is 24.5. The van der Waals surface area contributed by atoms with Crippen LogP contribution in [0, 0.1) is 5.92 Å². The van der Waals surface area contributed by atoms with Crippen molar-refractivity contribution in [1.29, 1.82) is 0 Å². The number of benzene rings is 1. The summed E-state index contributed by atoms with van der Waals surface area (Å²) in [5.74, 6) is -16.3. The fraction of sp³-hybridized carbons (Fsp3) is 0.548. The third-order valence-electron chi connectivity index (χ3n) is 16.0. The number of thiol groups is 4. The first-order valence-electron chi connectivity index (χ1n) is 33.1. The zero-order valence-electron chi connectivity index (χ0n) is 57.6. The van der Waals surface area contributed by atoms with Crippen LogP contribution in [0.3, 0.4) is 0 Å². The number of phenolic OH excluding ortho intramolecular Hbond substituents is 1. The molecular formula is C62H93N21O18S4. The number of primary amides is 1. The summed E-state index contributed by atoms with van der Waals surface area (Å²) in [7, 11) is 0. The van der Waals surface area contributed by atoms with Crippen molar-refractivity contribution in [2.24, 2.45) is 23.1 Å². The highest BCUT2D eigenvalue weighted by atomic mass is 32.1. The highest BCUT2D eigenvalue weighted by molar-refractivity contribution is 7.80. The number of aromatic nitrogens is 4. The molecule has 0 unspecified atom stereocenters. The number of imidazole rings is 2. The van der Waals surface area contributed by atoms with Gasteiger partial charge < -0.3 is 111 Å². The van der Waals surface area contributed by atoms with Gasteiger partial charge in [0.2, 0.25) is 88.6 Å². The Bertz CT molecular complexity index is 3490. The number of unbranched alkanes of at least 4 members (excludes halogenated alkanes) is 1. The summed E-state index contributed by atoms with van der Waals surface area (Å²) in [4.78, 5) is 227. The predicted molar refractivity (Wildman–Crippen MR) is 388 cm³/mol. The van der Waals surface area contributed by atoms with Crippen molar-refractivity contribution < 1.29 is 86.9 Å². The minimum Gasteiger partial charge on any atom is -0.508 e. The molecular weight excluding hydrogens is 1460 g/mol. The maximum Gasteiger partial charge on any atom is 0.327 e. The molecule has 43 heteroatoms. The van der Waals surface area contributed by atoms with E-state index in [0.717, 1.165) is 0 Å². The first-order valence-corrected chi connectivity index (χ1v) is 35.6. The maximum absolute atomic E-state index is 14.5. The Balaban J connectivity index is 1.34. The van der Waals surface area contributed by atoms with Crippen LogP contribution in [-0.2, 0) is 96.0 Å². The van der Waals surface area contributed by atoms with Gasteiger partial charge in [-0.1, -0.05) is 26.0 Å². The Morgan fingerprint density at radius 1 is 0.543 bits per heavy atom. The number of hydrogen-bond donors (Lipinski definition) is 24. The molecule has 0 radical (unpaired) electrons. The SMILES string of the molecule is CC(C)[C@H](NC(=O)[C@H](Cc1ccc(O)cc1)NC(=O)[C@H](CCCCN)NC(=O)CNC(=O)CNC(=O)[C@H](CS)NC(=O)[C@H](C)NC(=O)[C@@H]1CCCN1C(=O)[C@H](Cc1cnc[nH]1)NC(=O)[C@H](CS)NC(=O)[C@H](CS)NC(=O)[C@H](Cc1cnc[nH]1)NC(=O)CNC(=O)[C@@H](N)CC(N)=O)C(=O)N[C@@H](CS)C(=O)O. The monoisotopic (exact) mass is 1550 g/mol. The second kappa shape index (κ2) is 44.8. The number of nitrogens with two attached hydrogens (primary N) is 3. The number of carboxylic acids is 1. The summed E-state index contributed by atoms with van der Waals surface area (Å²) in [6.45, 7) is 2.62. The number of carboxylic acid groups (broad SMARTS) is 1. The van der Waals surface area contributed by atoms with E-state index in [1.807, 2.05) is 0 Å². The lowest BCUT2D eigenvalue weighted by Crippen LogP contribution is -2.61. The third kappa shape index (κ3) is 29.7. The number of nitrogens with zero attached hydrogens (tertiary/aromatic N) is 3. The lowest BCUT2D eigenvalue weighted by atomic mass is 10.00. The van der Waals surface area contributed by atoms with Crippen molar-refractivity contribution >= 4 is 145 Å². The number of carbonyl (C=O) groups is 16. The molecule has 12 atom stereocenters. The van der Waals surface area contributed by atoms with Crippen molar-refractivity contribution in [3.05, 3.63) is 66.3 Å². The number of carbonyl (C=O) groups excluding carboxylic acids is 15. The van der Waals surface area contributed by atoms with E-state index in [1.165, 1.54) is 61.1 Å². The van der Waals surface area contributed by atoms with Gasteiger partial charge in [0.1, 0.15) is 72.2 Å². The summed E-state index contributed by atoms with van der Waals surface area (Å²) in [6.07, 6.45) is 5.50. The summed E-state index contributed by atoms with van der Waals surface area (Å²) in [5, 5.41) is 51.3. The van der Waals surface area contributed by atoms with Crippen LogP contribution in [-0.4, -0.2) is 258 Å². The van der Waals surface area contributed by atoms with Crippen LogP contribution < -0.4 is 86.3 Å². The topological polar surface area (TPSA) is 609 Å². The van der Waals surface area contributed by atoms with Gasteiger partial charge in [0, 0.05) is 72.6 Å². The van der Waals surface area contributed by atoms with E-state index in [0.29, 0.717) is 36.2 Å². The molecule has 0 bridgehead atoms. The lowest BCUT2D eigenvalue weighted by Gasteiger charge is -2.30. The number of nitrogens with one attached hydrogen (secondary N) is 15. The molecule has 0 saturated carbocycles. The number of H-pyrrole nitrogens is 2. The van der Waals surface area contributed by atoms with Gasteiger partial charge in [0.05, 0.1) is 44.8 Å². The van der Waals surface area contributed by atoms with Crippen molar-refractivity contribution in [3.8, 4) is 5.75 Å². The lowest BCUT2D eigenvalue weighted by molar-refractivity contribution is -0.142. The number of amides is 15. The zero-order valence-corrected chi connectivity index (χ0v) is 61.2. The molecule has 1 saturated heterocycles. The molecule has 2 aromatic heterocycles. The zero-order chi connectivity index (χ0) is 78.0. The summed E-state index contributed by atoms with van der Waals surface area (Å²) >= 11 is 16.6. The molecule has 0 aliphatic carbocycles. The van der Waals surface area contributed by atoms with Crippen LogP contribution >= 0.6 is 50.5 Å². The van der Waals surface area contributed by atoms with Crippen molar-refractivity contribution in [1.82, 2.24) is 94.0 Å². The van der Waals surface area contributed by atoms with E-state index in [2.05, 4.69) is 140 Å². The van der Waals surface area contributed by atoms with E-state index in [-0.39, 0.29) is 74.0 Å². The summed E-state index contributed by atoms with van der Waals surface area (Å²) in [6, 6.07) is -10.7. The van der Waals surface area contributed by atoms with Crippen LogP contribution in [0.4, 0.5) is 0 Å². The number of aromatic amines is 2. The molecule has 105 heavy (non-hydrogen) atoms. The number of hydrogen-bond acceptors (Lipinski definition) is 25. The fourth-order valence-corrected chi connectivity index (χ4v) is 11.2. The van der Waals surface area contributed by atoms with Crippen LogP contribution in [0.2, 0.25) is 0 Å². The molecule has 3 aromatic rings. The smallest absolute Gasteiger partial charge is 0.327 e. The van der Waals surface area contributed by atoms with Crippen molar-refractivity contribution in [2.75, 3.05) is 55.7 Å². The normalized spacial score (nSPS) is 15.6. The molecule has 3 heterocycles. The van der Waals surface area contributed by atoms with Crippen LogP contribution in [0.1, 0.15) is 76.2 Å². The fourth-order valence-electron chi connectivity index (χ4n) is 10.2. The van der Waals surface area contributed by atoms with Gasteiger partial charge in [-0.15, -0.1) is 0 Å². The third-order valence-corrected chi connectivity index (χ3v) is 17.4. The van der Waals surface area contributed by atoms with E-state index in [1.54, 1.807) is 13.8 Å². The molecule has 1 aliphatic heterocycles. The molecule has 0 spiro atoms.